The van der Waals surface area contributed by atoms with Crippen molar-refractivity contribution in [2.24, 2.45) is 0 Å². The summed E-state index contributed by atoms with van der Waals surface area (Å²) in [5.41, 5.74) is 0. The standard InChI is InChI=1S/C11H20N2O3S/c1-3-6-12-11(14)8-13(4-2)10-5-7-17(15,16)9-10/h3,10H,1,4-9H2,2H3,(H,12,14). The summed E-state index contributed by atoms with van der Waals surface area (Å²) >= 11 is 0. The van der Waals surface area contributed by atoms with E-state index in [1.54, 1.807) is 6.08 Å². The van der Waals surface area contributed by atoms with Crippen molar-refractivity contribution in [3.8, 4) is 0 Å². The van der Waals surface area contributed by atoms with Gasteiger partial charge in [0.2, 0.25) is 5.91 Å². The Morgan fingerprint density at radius 1 is 1.59 bits per heavy atom. The molecule has 17 heavy (non-hydrogen) atoms. The van der Waals surface area contributed by atoms with Crippen LogP contribution in [0.1, 0.15) is 13.3 Å². The number of carbonyl (C=O) groups excluding carboxylic acids is 1. The van der Waals surface area contributed by atoms with E-state index >= 15 is 0 Å². The van der Waals surface area contributed by atoms with Crippen LogP contribution in [-0.2, 0) is 14.6 Å². The van der Waals surface area contributed by atoms with Crippen LogP contribution < -0.4 is 5.32 Å². The van der Waals surface area contributed by atoms with Crippen molar-refractivity contribution in [3.05, 3.63) is 12.7 Å². The topological polar surface area (TPSA) is 66.5 Å². The Morgan fingerprint density at radius 3 is 2.76 bits per heavy atom. The number of sulfone groups is 1. The first-order valence-corrected chi connectivity index (χ1v) is 7.62. The average molecular weight is 260 g/mol. The van der Waals surface area contributed by atoms with E-state index in [9.17, 15) is 13.2 Å². The van der Waals surface area contributed by atoms with Crippen LogP contribution in [0.3, 0.4) is 0 Å². The quantitative estimate of drug-likeness (QED) is 0.672. The number of nitrogens with zero attached hydrogens (tertiary/aromatic N) is 1. The van der Waals surface area contributed by atoms with Gasteiger partial charge in [-0.05, 0) is 13.0 Å². The molecule has 1 atom stereocenters. The van der Waals surface area contributed by atoms with Crippen molar-refractivity contribution in [2.45, 2.75) is 19.4 Å². The number of hydrogen-bond donors (Lipinski definition) is 1. The van der Waals surface area contributed by atoms with E-state index in [1.807, 2.05) is 11.8 Å². The molecule has 1 saturated heterocycles. The van der Waals surface area contributed by atoms with Crippen molar-refractivity contribution in [1.29, 1.82) is 0 Å². The van der Waals surface area contributed by atoms with Crippen molar-refractivity contribution in [1.82, 2.24) is 10.2 Å². The lowest BCUT2D eigenvalue weighted by Crippen LogP contribution is -2.43. The van der Waals surface area contributed by atoms with Crippen molar-refractivity contribution in [3.63, 3.8) is 0 Å². The molecule has 0 radical (unpaired) electrons. The molecule has 98 valence electrons. The second-order valence-electron chi connectivity index (χ2n) is 4.21. The van der Waals surface area contributed by atoms with Crippen LogP contribution in [0.25, 0.3) is 0 Å². The largest absolute Gasteiger partial charge is 0.352 e. The molecule has 0 bridgehead atoms. The zero-order valence-electron chi connectivity index (χ0n) is 10.2. The maximum Gasteiger partial charge on any atom is 0.234 e. The lowest BCUT2D eigenvalue weighted by Gasteiger charge is -2.25. The van der Waals surface area contributed by atoms with E-state index in [0.29, 0.717) is 19.5 Å². The summed E-state index contributed by atoms with van der Waals surface area (Å²) in [7, 11) is -2.89. The minimum Gasteiger partial charge on any atom is -0.352 e. The third-order valence-corrected chi connectivity index (χ3v) is 4.67. The highest BCUT2D eigenvalue weighted by atomic mass is 32.2. The van der Waals surface area contributed by atoms with E-state index in [2.05, 4.69) is 11.9 Å². The fraction of sp³-hybridized carbons (Fsp3) is 0.727. The fourth-order valence-electron chi connectivity index (χ4n) is 1.99. The van der Waals surface area contributed by atoms with Gasteiger partial charge in [0.25, 0.3) is 0 Å². The second-order valence-corrected chi connectivity index (χ2v) is 6.44. The summed E-state index contributed by atoms with van der Waals surface area (Å²) < 4.78 is 22.8. The van der Waals surface area contributed by atoms with Gasteiger partial charge in [-0.15, -0.1) is 6.58 Å². The molecule has 1 rings (SSSR count). The van der Waals surface area contributed by atoms with Crippen LogP contribution in [-0.4, -0.2) is 56.4 Å². The van der Waals surface area contributed by atoms with Gasteiger partial charge >= 0.3 is 0 Å². The summed E-state index contributed by atoms with van der Waals surface area (Å²) in [6.45, 7) is 6.84. The number of carbonyl (C=O) groups is 1. The van der Waals surface area contributed by atoms with Gasteiger partial charge < -0.3 is 5.32 Å². The first kappa shape index (κ1) is 14.2. The Morgan fingerprint density at radius 2 is 2.29 bits per heavy atom. The Labute approximate surface area is 103 Å². The molecule has 1 aliphatic heterocycles. The Bertz CT molecular complexity index is 378. The normalized spacial score (nSPS) is 22.6. The molecule has 1 heterocycles. The Hall–Kier alpha value is -0.880. The molecule has 6 heteroatoms. The summed E-state index contributed by atoms with van der Waals surface area (Å²) in [6.07, 6.45) is 2.25. The maximum atomic E-state index is 11.5. The molecule has 0 spiro atoms. The maximum absolute atomic E-state index is 11.5. The van der Waals surface area contributed by atoms with E-state index in [-0.39, 0.29) is 30.0 Å². The van der Waals surface area contributed by atoms with Gasteiger partial charge in [0.05, 0.1) is 18.1 Å². The third-order valence-electron chi connectivity index (χ3n) is 2.92. The molecule has 0 aromatic heterocycles. The summed E-state index contributed by atoms with van der Waals surface area (Å²) in [6, 6.07) is -0.0144. The molecule has 0 aliphatic carbocycles. The van der Waals surface area contributed by atoms with Crippen LogP contribution in [0.4, 0.5) is 0 Å². The average Bonchev–Trinajstić information content (AvgIpc) is 2.63. The number of likely N-dealkylation sites (N-methyl/N-ethyl adjacent to an activating group) is 1. The lowest BCUT2D eigenvalue weighted by atomic mass is 10.2. The zero-order chi connectivity index (χ0) is 12.9. The van der Waals surface area contributed by atoms with E-state index in [1.165, 1.54) is 0 Å². The minimum absolute atomic E-state index is 0.0144. The van der Waals surface area contributed by atoms with Gasteiger partial charge in [0.1, 0.15) is 0 Å². The highest BCUT2D eigenvalue weighted by Gasteiger charge is 2.32. The van der Waals surface area contributed by atoms with Crippen LogP contribution in [0, 0.1) is 0 Å². The van der Waals surface area contributed by atoms with E-state index in [4.69, 9.17) is 0 Å². The second kappa shape index (κ2) is 6.16. The number of hydrogen-bond acceptors (Lipinski definition) is 4. The minimum atomic E-state index is -2.89. The van der Waals surface area contributed by atoms with Crippen molar-refractivity contribution < 1.29 is 13.2 Å². The number of rotatable bonds is 6. The molecule has 1 N–H and O–H groups in total. The predicted octanol–water partition coefficient (Wildman–Crippen LogP) is -0.202. The van der Waals surface area contributed by atoms with Crippen molar-refractivity contribution >= 4 is 15.7 Å². The van der Waals surface area contributed by atoms with Crippen LogP contribution in [0.2, 0.25) is 0 Å². The first-order valence-electron chi connectivity index (χ1n) is 5.80. The van der Waals surface area contributed by atoms with E-state index in [0.717, 1.165) is 0 Å². The number of amides is 1. The monoisotopic (exact) mass is 260 g/mol. The highest BCUT2D eigenvalue weighted by molar-refractivity contribution is 7.91. The lowest BCUT2D eigenvalue weighted by molar-refractivity contribution is -0.122. The van der Waals surface area contributed by atoms with Gasteiger partial charge in [-0.25, -0.2) is 8.42 Å². The summed E-state index contributed by atoms with van der Waals surface area (Å²) in [5, 5.41) is 2.69. The smallest absolute Gasteiger partial charge is 0.234 e. The van der Waals surface area contributed by atoms with Gasteiger partial charge in [0.15, 0.2) is 9.84 Å². The van der Waals surface area contributed by atoms with Crippen molar-refractivity contribution in [2.75, 3.05) is 31.1 Å². The molecule has 1 unspecified atom stereocenters. The van der Waals surface area contributed by atoms with Gasteiger partial charge in [-0.1, -0.05) is 13.0 Å². The Kier molecular flexibility index (Phi) is 5.14. The molecule has 1 aliphatic rings. The molecule has 0 aromatic rings. The van der Waals surface area contributed by atoms with E-state index < -0.39 is 9.84 Å². The van der Waals surface area contributed by atoms with Crippen LogP contribution in [0.5, 0.6) is 0 Å². The Balaban J connectivity index is 2.49. The molecule has 0 saturated carbocycles. The van der Waals surface area contributed by atoms with Gasteiger partial charge in [-0.2, -0.15) is 0 Å². The van der Waals surface area contributed by atoms with Crippen LogP contribution >= 0.6 is 0 Å². The molecular weight excluding hydrogens is 240 g/mol. The SMILES string of the molecule is C=CCNC(=O)CN(CC)C1CCS(=O)(=O)C1. The molecular formula is C11H20N2O3S. The number of nitrogens with one attached hydrogen (secondary N) is 1. The predicted molar refractivity (Wildman–Crippen MR) is 67.5 cm³/mol. The third kappa shape index (κ3) is 4.47. The van der Waals surface area contributed by atoms with Gasteiger partial charge in [-0.3, -0.25) is 9.69 Å². The fourth-order valence-corrected chi connectivity index (χ4v) is 3.75. The molecule has 1 fully saturated rings. The van der Waals surface area contributed by atoms with Crippen LogP contribution in [0.15, 0.2) is 12.7 Å². The first-order chi connectivity index (χ1) is 7.98. The molecule has 0 aromatic carbocycles. The summed E-state index contributed by atoms with van der Waals surface area (Å²) in [4.78, 5) is 13.5. The molecule has 5 nitrogen and oxygen atoms in total. The van der Waals surface area contributed by atoms with Gasteiger partial charge in [0, 0.05) is 12.6 Å². The molecule has 1 amide bonds. The zero-order valence-corrected chi connectivity index (χ0v) is 11.0. The summed E-state index contributed by atoms with van der Waals surface area (Å²) in [5.74, 6) is 0.328. The highest BCUT2D eigenvalue weighted by Crippen LogP contribution is 2.17.